The van der Waals surface area contributed by atoms with Gasteiger partial charge in [-0.25, -0.2) is 9.97 Å². The average molecular weight is 344 g/mol. The Morgan fingerprint density at radius 3 is 2.62 bits per heavy atom. The summed E-state index contributed by atoms with van der Waals surface area (Å²) in [6.07, 6.45) is 1.54. The Balaban J connectivity index is 1.68. The SMILES string of the molecule is Cc1cccc(Nc2n[nH]c3ncnc(NC(C)c4ccccc4)c23)c1. The number of rotatable bonds is 5. The Labute approximate surface area is 151 Å². The molecule has 0 spiro atoms. The average Bonchev–Trinajstić information content (AvgIpc) is 3.06. The number of aromatic amines is 1. The lowest BCUT2D eigenvalue weighted by Gasteiger charge is -2.15. The van der Waals surface area contributed by atoms with E-state index in [1.807, 2.05) is 30.3 Å². The predicted octanol–water partition coefficient (Wildman–Crippen LogP) is 4.58. The summed E-state index contributed by atoms with van der Waals surface area (Å²) in [5, 5.41) is 15.0. The quantitative estimate of drug-likeness (QED) is 0.494. The zero-order valence-electron chi connectivity index (χ0n) is 14.7. The molecule has 1 atom stereocenters. The topological polar surface area (TPSA) is 78.5 Å². The van der Waals surface area contributed by atoms with E-state index in [2.05, 4.69) is 68.9 Å². The fourth-order valence-corrected chi connectivity index (χ4v) is 2.95. The first-order valence-corrected chi connectivity index (χ1v) is 8.55. The number of H-pyrrole nitrogens is 1. The van der Waals surface area contributed by atoms with Gasteiger partial charge < -0.3 is 10.6 Å². The van der Waals surface area contributed by atoms with Crippen LogP contribution in [0, 0.1) is 6.92 Å². The van der Waals surface area contributed by atoms with Gasteiger partial charge in [-0.1, -0.05) is 42.5 Å². The smallest absolute Gasteiger partial charge is 0.165 e. The lowest BCUT2D eigenvalue weighted by molar-refractivity contribution is 0.876. The highest BCUT2D eigenvalue weighted by atomic mass is 15.2. The molecule has 2 aromatic carbocycles. The van der Waals surface area contributed by atoms with Crippen molar-refractivity contribution in [1.29, 1.82) is 0 Å². The molecule has 4 rings (SSSR count). The first kappa shape index (κ1) is 16.1. The van der Waals surface area contributed by atoms with Gasteiger partial charge in [-0.3, -0.25) is 5.10 Å². The van der Waals surface area contributed by atoms with E-state index in [1.165, 1.54) is 17.5 Å². The molecule has 130 valence electrons. The molecule has 0 aliphatic rings. The van der Waals surface area contributed by atoms with Crippen LogP contribution >= 0.6 is 0 Å². The Morgan fingerprint density at radius 1 is 0.962 bits per heavy atom. The van der Waals surface area contributed by atoms with Crippen LogP contribution in [0.4, 0.5) is 17.3 Å². The van der Waals surface area contributed by atoms with Gasteiger partial charge in [0.15, 0.2) is 11.5 Å². The predicted molar refractivity (Wildman–Crippen MR) is 105 cm³/mol. The van der Waals surface area contributed by atoms with E-state index in [9.17, 15) is 0 Å². The molecular weight excluding hydrogens is 324 g/mol. The van der Waals surface area contributed by atoms with Crippen molar-refractivity contribution in [3.8, 4) is 0 Å². The van der Waals surface area contributed by atoms with Crippen LogP contribution in [0.2, 0.25) is 0 Å². The number of hydrogen-bond donors (Lipinski definition) is 3. The van der Waals surface area contributed by atoms with Crippen molar-refractivity contribution in [3.05, 3.63) is 72.1 Å². The second-order valence-corrected chi connectivity index (χ2v) is 6.29. The minimum absolute atomic E-state index is 0.107. The van der Waals surface area contributed by atoms with Gasteiger partial charge >= 0.3 is 0 Å². The van der Waals surface area contributed by atoms with E-state index < -0.39 is 0 Å². The molecule has 0 aliphatic carbocycles. The molecule has 0 aliphatic heterocycles. The fourth-order valence-electron chi connectivity index (χ4n) is 2.95. The normalized spacial score (nSPS) is 12.1. The summed E-state index contributed by atoms with van der Waals surface area (Å²) in [5.74, 6) is 1.45. The summed E-state index contributed by atoms with van der Waals surface area (Å²) in [7, 11) is 0. The van der Waals surface area contributed by atoms with Crippen molar-refractivity contribution < 1.29 is 0 Å². The number of nitrogens with zero attached hydrogens (tertiary/aromatic N) is 3. The van der Waals surface area contributed by atoms with Crippen molar-refractivity contribution in [2.75, 3.05) is 10.6 Å². The third-order valence-electron chi connectivity index (χ3n) is 4.29. The number of benzene rings is 2. The molecule has 2 heterocycles. The fraction of sp³-hybridized carbons (Fsp3) is 0.150. The van der Waals surface area contributed by atoms with Gasteiger partial charge in [0.1, 0.15) is 17.5 Å². The molecule has 2 aromatic heterocycles. The van der Waals surface area contributed by atoms with Crippen molar-refractivity contribution in [2.24, 2.45) is 0 Å². The zero-order chi connectivity index (χ0) is 17.9. The maximum absolute atomic E-state index is 4.44. The summed E-state index contributed by atoms with van der Waals surface area (Å²) in [5.41, 5.74) is 4.04. The number of aryl methyl sites for hydroxylation is 1. The van der Waals surface area contributed by atoms with Crippen LogP contribution in [0.25, 0.3) is 11.0 Å². The van der Waals surface area contributed by atoms with Gasteiger partial charge in [-0.2, -0.15) is 5.10 Å². The Kier molecular flexibility index (Phi) is 4.23. The molecule has 4 aromatic rings. The second kappa shape index (κ2) is 6.84. The zero-order valence-corrected chi connectivity index (χ0v) is 14.7. The standard InChI is InChI=1S/C20H20N6/c1-13-7-6-10-16(11-13)24-20-17-18(21-12-22-19(17)25-26-20)23-14(2)15-8-4-3-5-9-15/h3-12,14H,1-2H3,(H3,21,22,23,24,25,26). The maximum Gasteiger partial charge on any atom is 0.165 e. The van der Waals surface area contributed by atoms with Gasteiger partial charge in [-0.05, 0) is 37.1 Å². The van der Waals surface area contributed by atoms with Crippen LogP contribution in [0.5, 0.6) is 0 Å². The van der Waals surface area contributed by atoms with Crippen molar-refractivity contribution in [2.45, 2.75) is 19.9 Å². The molecule has 0 saturated carbocycles. The molecule has 0 bridgehead atoms. The molecule has 3 N–H and O–H groups in total. The van der Waals surface area contributed by atoms with E-state index in [1.54, 1.807) is 0 Å². The van der Waals surface area contributed by atoms with Crippen LogP contribution < -0.4 is 10.6 Å². The van der Waals surface area contributed by atoms with Crippen LogP contribution in [0.3, 0.4) is 0 Å². The summed E-state index contributed by atoms with van der Waals surface area (Å²) in [6, 6.07) is 18.5. The van der Waals surface area contributed by atoms with Gasteiger partial charge in [0.25, 0.3) is 0 Å². The molecule has 26 heavy (non-hydrogen) atoms. The minimum Gasteiger partial charge on any atom is -0.363 e. The first-order chi connectivity index (χ1) is 12.7. The largest absolute Gasteiger partial charge is 0.363 e. The van der Waals surface area contributed by atoms with E-state index in [-0.39, 0.29) is 6.04 Å². The van der Waals surface area contributed by atoms with Crippen LogP contribution in [-0.2, 0) is 0 Å². The second-order valence-electron chi connectivity index (χ2n) is 6.29. The monoisotopic (exact) mass is 344 g/mol. The van der Waals surface area contributed by atoms with Crippen molar-refractivity contribution in [1.82, 2.24) is 20.2 Å². The molecule has 1 unspecified atom stereocenters. The number of anilines is 3. The van der Waals surface area contributed by atoms with Gasteiger partial charge in [0.2, 0.25) is 0 Å². The number of hydrogen-bond acceptors (Lipinski definition) is 5. The third kappa shape index (κ3) is 3.21. The minimum atomic E-state index is 0.107. The van der Waals surface area contributed by atoms with E-state index in [4.69, 9.17) is 0 Å². The molecule has 0 amide bonds. The van der Waals surface area contributed by atoms with Crippen molar-refractivity contribution >= 4 is 28.4 Å². The molecule has 0 fully saturated rings. The highest BCUT2D eigenvalue weighted by molar-refractivity contribution is 5.97. The molecule has 6 nitrogen and oxygen atoms in total. The summed E-state index contributed by atoms with van der Waals surface area (Å²) >= 11 is 0. The van der Waals surface area contributed by atoms with E-state index in [0.29, 0.717) is 11.5 Å². The van der Waals surface area contributed by atoms with Crippen LogP contribution in [0.15, 0.2) is 60.9 Å². The lowest BCUT2D eigenvalue weighted by Crippen LogP contribution is -2.08. The number of nitrogens with one attached hydrogen (secondary N) is 3. The van der Waals surface area contributed by atoms with Crippen LogP contribution in [-0.4, -0.2) is 20.2 Å². The highest BCUT2D eigenvalue weighted by Crippen LogP contribution is 2.30. The Morgan fingerprint density at radius 2 is 1.81 bits per heavy atom. The molecule has 0 radical (unpaired) electrons. The summed E-state index contributed by atoms with van der Waals surface area (Å²) in [4.78, 5) is 8.73. The van der Waals surface area contributed by atoms with Gasteiger partial charge in [0, 0.05) is 11.7 Å². The number of fused-ring (bicyclic) bond motifs is 1. The van der Waals surface area contributed by atoms with E-state index in [0.717, 1.165) is 16.9 Å². The molecule has 0 saturated heterocycles. The number of aromatic nitrogens is 4. The molecular formula is C20H20N6. The first-order valence-electron chi connectivity index (χ1n) is 8.55. The van der Waals surface area contributed by atoms with Crippen LogP contribution in [0.1, 0.15) is 24.1 Å². The lowest BCUT2D eigenvalue weighted by atomic mass is 10.1. The Bertz CT molecular complexity index is 1020. The van der Waals surface area contributed by atoms with E-state index >= 15 is 0 Å². The summed E-state index contributed by atoms with van der Waals surface area (Å²) < 4.78 is 0. The van der Waals surface area contributed by atoms with Crippen molar-refractivity contribution in [3.63, 3.8) is 0 Å². The van der Waals surface area contributed by atoms with Gasteiger partial charge in [-0.15, -0.1) is 0 Å². The Hall–Kier alpha value is -3.41. The molecule has 6 heteroatoms. The maximum atomic E-state index is 4.44. The van der Waals surface area contributed by atoms with Gasteiger partial charge in [0.05, 0.1) is 0 Å². The third-order valence-corrected chi connectivity index (χ3v) is 4.29. The summed E-state index contributed by atoms with van der Waals surface area (Å²) in [6.45, 7) is 4.17. The highest BCUT2D eigenvalue weighted by Gasteiger charge is 2.15.